The lowest BCUT2D eigenvalue weighted by atomic mass is 9.96. The predicted molar refractivity (Wildman–Crippen MR) is 78.5 cm³/mol. The largest absolute Gasteiger partial charge is 0.478 e. The summed E-state index contributed by atoms with van der Waals surface area (Å²) in [5.74, 6) is -1.84. The lowest BCUT2D eigenvalue weighted by molar-refractivity contribution is -0.129. The second-order valence-corrected chi connectivity index (χ2v) is 5.20. The third-order valence-electron chi connectivity index (χ3n) is 3.27. The first-order chi connectivity index (χ1) is 9.66. The smallest absolute Gasteiger partial charge is 0.336 e. The van der Waals surface area contributed by atoms with Crippen molar-refractivity contribution in [2.24, 2.45) is 0 Å². The average molecular weight is 292 g/mol. The number of carbonyl (C=O) groups is 3. The molecular weight excluding hydrogens is 272 g/mol. The van der Waals surface area contributed by atoms with Crippen molar-refractivity contribution in [3.05, 3.63) is 34.4 Å². The van der Waals surface area contributed by atoms with Gasteiger partial charge in [-0.15, -0.1) is 0 Å². The van der Waals surface area contributed by atoms with Gasteiger partial charge in [0.05, 0.1) is 17.7 Å². The van der Waals surface area contributed by atoms with Gasteiger partial charge in [-0.25, -0.2) is 4.79 Å². The summed E-state index contributed by atoms with van der Waals surface area (Å²) < 4.78 is 0. The van der Waals surface area contributed by atoms with Gasteiger partial charge in [0.2, 0.25) is 5.91 Å². The standard InChI is InChI=1S/C15H20N2O4/c1-9-6-7-10(2)13(15(20)21)12(9)14(19)17(5)8-11(18)16(3)4/h6-7H,8H2,1-5H3,(H,20,21). The van der Waals surface area contributed by atoms with Crippen molar-refractivity contribution >= 4 is 17.8 Å². The molecule has 6 nitrogen and oxygen atoms in total. The predicted octanol–water partition coefficient (Wildman–Crippen LogP) is 1.16. The van der Waals surface area contributed by atoms with Gasteiger partial charge in [-0.3, -0.25) is 9.59 Å². The number of nitrogens with zero attached hydrogens (tertiary/aromatic N) is 2. The van der Waals surface area contributed by atoms with E-state index in [0.717, 1.165) is 0 Å². The Morgan fingerprint density at radius 3 is 1.90 bits per heavy atom. The first kappa shape index (κ1) is 16.7. The Bertz CT molecular complexity index is 594. The number of carboxylic acid groups (broad SMARTS) is 1. The van der Waals surface area contributed by atoms with Crippen LogP contribution in [-0.2, 0) is 4.79 Å². The number of carbonyl (C=O) groups excluding carboxylic acids is 2. The van der Waals surface area contributed by atoms with Crippen LogP contribution in [0.1, 0.15) is 31.8 Å². The fourth-order valence-corrected chi connectivity index (χ4v) is 1.97. The third kappa shape index (κ3) is 3.59. The highest BCUT2D eigenvalue weighted by molar-refractivity contribution is 6.07. The molecule has 0 spiro atoms. The lowest BCUT2D eigenvalue weighted by Crippen LogP contribution is -2.38. The van der Waals surface area contributed by atoms with Crippen molar-refractivity contribution < 1.29 is 19.5 Å². The van der Waals surface area contributed by atoms with Crippen LogP contribution < -0.4 is 0 Å². The van der Waals surface area contributed by atoms with Gasteiger partial charge in [-0.2, -0.15) is 0 Å². The van der Waals surface area contributed by atoms with E-state index in [4.69, 9.17) is 0 Å². The number of hydrogen-bond acceptors (Lipinski definition) is 3. The molecule has 0 radical (unpaired) electrons. The highest BCUT2D eigenvalue weighted by Crippen LogP contribution is 2.20. The zero-order valence-corrected chi connectivity index (χ0v) is 12.9. The minimum absolute atomic E-state index is 0.0100. The molecule has 0 fully saturated rings. The molecule has 2 amide bonds. The van der Waals surface area contributed by atoms with E-state index < -0.39 is 11.9 Å². The summed E-state index contributed by atoms with van der Waals surface area (Å²) in [5.41, 5.74) is 1.22. The molecule has 114 valence electrons. The lowest BCUT2D eigenvalue weighted by Gasteiger charge is -2.21. The number of rotatable bonds is 4. The molecule has 0 saturated carbocycles. The highest BCUT2D eigenvalue weighted by atomic mass is 16.4. The fourth-order valence-electron chi connectivity index (χ4n) is 1.97. The fraction of sp³-hybridized carbons (Fsp3) is 0.400. The van der Waals surface area contributed by atoms with Crippen molar-refractivity contribution in [2.75, 3.05) is 27.7 Å². The van der Waals surface area contributed by atoms with Crippen LogP contribution >= 0.6 is 0 Å². The summed E-state index contributed by atoms with van der Waals surface area (Å²) in [6.07, 6.45) is 0. The molecule has 6 heteroatoms. The molecular formula is C15H20N2O4. The van der Waals surface area contributed by atoms with Gasteiger partial charge in [0, 0.05) is 21.1 Å². The Morgan fingerprint density at radius 2 is 1.48 bits per heavy atom. The monoisotopic (exact) mass is 292 g/mol. The number of amides is 2. The Balaban J connectivity index is 3.21. The van der Waals surface area contributed by atoms with Gasteiger partial charge in [0.1, 0.15) is 0 Å². The van der Waals surface area contributed by atoms with Crippen LogP contribution in [0.3, 0.4) is 0 Å². The van der Waals surface area contributed by atoms with Gasteiger partial charge in [0.25, 0.3) is 5.91 Å². The molecule has 1 rings (SSSR count). The summed E-state index contributed by atoms with van der Waals surface area (Å²) in [7, 11) is 4.68. The average Bonchev–Trinajstić information content (AvgIpc) is 2.39. The molecule has 0 aromatic heterocycles. The minimum Gasteiger partial charge on any atom is -0.478 e. The number of benzene rings is 1. The summed E-state index contributed by atoms with van der Waals surface area (Å²) in [5, 5.41) is 9.33. The van der Waals surface area contributed by atoms with Crippen LogP contribution in [0.25, 0.3) is 0 Å². The van der Waals surface area contributed by atoms with E-state index in [0.29, 0.717) is 11.1 Å². The van der Waals surface area contributed by atoms with Crippen molar-refractivity contribution in [1.82, 2.24) is 9.80 Å². The van der Waals surface area contributed by atoms with E-state index in [1.807, 2.05) is 0 Å². The maximum Gasteiger partial charge on any atom is 0.336 e. The quantitative estimate of drug-likeness (QED) is 0.903. The van der Waals surface area contributed by atoms with Crippen molar-refractivity contribution in [3.8, 4) is 0 Å². The SMILES string of the molecule is Cc1ccc(C)c(C(=O)N(C)CC(=O)N(C)C)c1C(=O)O. The summed E-state index contributed by atoms with van der Waals surface area (Å²) >= 11 is 0. The molecule has 0 aliphatic carbocycles. The molecule has 0 aliphatic rings. The van der Waals surface area contributed by atoms with Gasteiger partial charge in [0.15, 0.2) is 0 Å². The first-order valence-corrected chi connectivity index (χ1v) is 6.46. The first-order valence-electron chi connectivity index (χ1n) is 6.46. The van der Waals surface area contributed by atoms with E-state index >= 15 is 0 Å². The number of likely N-dealkylation sites (N-methyl/N-ethyl adjacent to an activating group) is 2. The maximum absolute atomic E-state index is 12.5. The van der Waals surface area contributed by atoms with E-state index in [1.54, 1.807) is 40.1 Å². The maximum atomic E-state index is 12.5. The van der Waals surface area contributed by atoms with Crippen molar-refractivity contribution in [3.63, 3.8) is 0 Å². The second-order valence-electron chi connectivity index (χ2n) is 5.20. The normalized spacial score (nSPS) is 10.1. The number of aryl methyl sites for hydroxylation is 2. The van der Waals surface area contributed by atoms with Crippen LogP contribution in [0.5, 0.6) is 0 Å². The van der Waals surface area contributed by atoms with Crippen molar-refractivity contribution in [2.45, 2.75) is 13.8 Å². The summed E-state index contributed by atoms with van der Waals surface area (Å²) in [6, 6.07) is 3.37. The molecule has 0 aliphatic heterocycles. The second kappa shape index (κ2) is 6.39. The number of carboxylic acids is 1. The Labute approximate surface area is 124 Å². The molecule has 1 N–H and O–H groups in total. The molecule has 0 heterocycles. The third-order valence-corrected chi connectivity index (χ3v) is 3.27. The zero-order valence-electron chi connectivity index (χ0n) is 12.9. The number of aromatic carboxylic acids is 1. The Hall–Kier alpha value is -2.37. The Kier molecular flexibility index (Phi) is 5.07. The highest BCUT2D eigenvalue weighted by Gasteiger charge is 2.24. The zero-order chi connectivity index (χ0) is 16.3. The number of hydrogen-bond donors (Lipinski definition) is 1. The molecule has 0 atom stereocenters. The van der Waals surface area contributed by atoms with Gasteiger partial charge in [-0.05, 0) is 25.0 Å². The van der Waals surface area contributed by atoms with Crippen LogP contribution in [0, 0.1) is 13.8 Å². The van der Waals surface area contributed by atoms with E-state index in [9.17, 15) is 19.5 Å². The molecule has 1 aromatic rings. The van der Waals surface area contributed by atoms with Gasteiger partial charge < -0.3 is 14.9 Å². The Morgan fingerprint density at radius 1 is 1.00 bits per heavy atom. The minimum atomic E-state index is -1.15. The van der Waals surface area contributed by atoms with E-state index in [2.05, 4.69) is 0 Å². The van der Waals surface area contributed by atoms with E-state index in [-0.39, 0.29) is 23.6 Å². The molecule has 1 aromatic carbocycles. The molecule has 0 saturated heterocycles. The van der Waals surface area contributed by atoms with Crippen molar-refractivity contribution in [1.29, 1.82) is 0 Å². The molecule has 0 unspecified atom stereocenters. The van der Waals surface area contributed by atoms with Gasteiger partial charge in [-0.1, -0.05) is 12.1 Å². The summed E-state index contributed by atoms with van der Waals surface area (Å²) in [4.78, 5) is 38.2. The molecule has 0 bridgehead atoms. The van der Waals surface area contributed by atoms with Crippen LogP contribution in [0.2, 0.25) is 0 Å². The van der Waals surface area contributed by atoms with Gasteiger partial charge >= 0.3 is 5.97 Å². The summed E-state index contributed by atoms with van der Waals surface area (Å²) in [6.45, 7) is 3.23. The van der Waals surface area contributed by atoms with E-state index in [1.165, 1.54) is 16.8 Å². The van der Waals surface area contributed by atoms with Crippen LogP contribution in [0.15, 0.2) is 12.1 Å². The molecule has 21 heavy (non-hydrogen) atoms. The topological polar surface area (TPSA) is 77.9 Å². The van der Waals surface area contributed by atoms with Crippen LogP contribution in [-0.4, -0.2) is 60.4 Å². The van der Waals surface area contributed by atoms with Crippen LogP contribution in [0.4, 0.5) is 0 Å².